The van der Waals surface area contributed by atoms with Crippen LogP contribution in [0.4, 0.5) is 5.13 Å². The third-order valence-electron chi connectivity index (χ3n) is 3.36. The molecule has 2 aromatic heterocycles. The predicted octanol–water partition coefficient (Wildman–Crippen LogP) is 4.81. The highest BCUT2D eigenvalue weighted by Gasteiger charge is 2.13. The van der Waals surface area contributed by atoms with Crippen molar-refractivity contribution in [3.05, 3.63) is 50.7 Å². The number of aromatic nitrogens is 2. The number of nitrogens with two attached hydrogens (primary N) is 1. The Bertz CT molecular complexity index is 915. The van der Waals surface area contributed by atoms with Crippen LogP contribution in [0.3, 0.4) is 0 Å². The second-order valence-electron chi connectivity index (χ2n) is 5.18. The molecule has 3 aromatic rings. The van der Waals surface area contributed by atoms with Gasteiger partial charge in [-0.2, -0.15) is 10.4 Å². The van der Waals surface area contributed by atoms with E-state index < -0.39 is 0 Å². The molecule has 0 saturated carbocycles. The van der Waals surface area contributed by atoms with Gasteiger partial charge in [0.1, 0.15) is 5.71 Å². The van der Waals surface area contributed by atoms with Gasteiger partial charge in [-0.25, -0.2) is 4.98 Å². The fourth-order valence-electron chi connectivity index (χ4n) is 2.16. The van der Waals surface area contributed by atoms with Gasteiger partial charge >= 0.3 is 5.13 Å². The highest BCUT2D eigenvalue weighted by molar-refractivity contribution is 7.23. The molecule has 2 N–H and O–H groups in total. The van der Waals surface area contributed by atoms with Crippen LogP contribution in [-0.2, 0) is 0 Å². The second-order valence-corrected chi connectivity index (χ2v) is 8.26. The zero-order valence-electron chi connectivity index (χ0n) is 13.3. The second kappa shape index (κ2) is 7.29. The van der Waals surface area contributed by atoms with Gasteiger partial charge in [-0.05, 0) is 32.9 Å². The lowest BCUT2D eigenvalue weighted by Gasteiger charge is -2.00. The lowest BCUT2D eigenvalue weighted by molar-refractivity contribution is -0.577. The maximum atomic E-state index is 6.05. The largest absolute Gasteiger partial charge is 0.310 e. The highest BCUT2D eigenvalue weighted by atomic mass is 35.5. The summed E-state index contributed by atoms with van der Waals surface area (Å²) in [6, 6.07) is 5.49. The summed E-state index contributed by atoms with van der Waals surface area (Å²) in [6.07, 6.45) is 1.88. The first kappa shape index (κ1) is 17.5. The monoisotopic (exact) mass is 397 g/mol. The molecule has 24 heavy (non-hydrogen) atoms. The summed E-state index contributed by atoms with van der Waals surface area (Å²) in [7, 11) is 0. The summed E-state index contributed by atoms with van der Waals surface area (Å²) in [5.74, 6) is 0. The Morgan fingerprint density at radius 2 is 1.96 bits per heavy atom. The third-order valence-corrected chi connectivity index (χ3v) is 6.28. The molecule has 0 spiro atoms. The van der Waals surface area contributed by atoms with E-state index in [1.165, 1.54) is 4.88 Å². The maximum Gasteiger partial charge on any atom is 0.310 e. The molecule has 0 amide bonds. The number of aryl methyl sites for hydroxylation is 2. The van der Waals surface area contributed by atoms with Gasteiger partial charge in [-0.1, -0.05) is 45.7 Å². The first-order chi connectivity index (χ1) is 11.4. The summed E-state index contributed by atoms with van der Waals surface area (Å²) in [5.41, 5.74) is 4.61. The lowest BCUT2D eigenvalue weighted by Crippen LogP contribution is -2.71. The molecule has 0 aliphatic rings. The molecule has 0 fully saturated rings. The van der Waals surface area contributed by atoms with Crippen molar-refractivity contribution in [2.75, 3.05) is 0 Å². The molecule has 0 aliphatic carbocycles. The van der Waals surface area contributed by atoms with Gasteiger partial charge in [0.2, 0.25) is 0 Å². The number of nitrogens with zero attached hydrogens (tertiary/aromatic N) is 3. The standard InChI is InChI=1S/C16H14Cl2N4S2/c1-8(11-4-5-12(17)13(18)6-11)21-22-16-19-7-14(24-16)15-9(2)20-10(3)23-15/h4-7H,1-3H3,(H,19,22)/p+1. The van der Waals surface area contributed by atoms with Crippen LogP contribution >= 0.6 is 45.9 Å². The molecular weight excluding hydrogens is 383 g/mol. The van der Waals surface area contributed by atoms with Crippen LogP contribution in [0.5, 0.6) is 0 Å². The smallest absolute Gasteiger partial charge is 0.246 e. The normalized spacial score (nSPS) is 12.0. The molecule has 0 unspecified atom stereocenters. The van der Waals surface area contributed by atoms with E-state index in [2.05, 4.69) is 15.1 Å². The molecule has 2 heterocycles. The average molecular weight is 398 g/mol. The van der Waals surface area contributed by atoms with Crippen LogP contribution in [0, 0.1) is 13.8 Å². The van der Waals surface area contributed by atoms with Gasteiger partial charge in [0.15, 0.2) is 0 Å². The number of benzene rings is 1. The molecule has 0 saturated heterocycles. The van der Waals surface area contributed by atoms with Crippen molar-refractivity contribution in [3.8, 4) is 9.75 Å². The Balaban J connectivity index is 1.77. The van der Waals surface area contributed by atoms with E-state index in [-0.39, 0.29) is 0 Å². The van der Waals surface area contributed by atoms with E-state index in [0.717, 1.165) is 32.0 Å². The van der Waals surface area contributed by atoms with E-state index >= 15 is 0 Å². The Morgan fingerprint density at radius 1 is 1.17 bits per heavy atom. The SMILES string of the molecule is CC(=N[NH2+]c1ncc(-c2sc(C)nc2C)s1)c1ccc(Cl)c(Cl)c1. The fourth-order valence-corrected chi connectivity index (χ4v) is 4.31. The van der Waals surface area contributed by atoms with Crippen molar-refractivity contribution in [1.82, 2.24) is 9.97 Å². The minimum absolute atomic E-state index is 0.524. The predicted molar refractivity (Wildman–Crippen MR) is 103 cm³/mol. The molecule has 4 nitrogen and oxygen atoms in total. The minimum atomic E-state index is 0.524. The van der Waals surface area contributed by atoms with Gasteiger partial charge < -0.3 is 0 Å². The van der Waals surface area contributed by atoms with Crippen LogP contribution in [0.1, 0.15) is 23.2 Å². The van der Waals surface area contributed by atoms with Crippen LogP contribution in [0.25, 0.3) is 9.75 Å². The fraction of sp³-hybridized carbons (Fsp3) is 0.188. The van der Waals surface area contributed by atoms with Gasteiger partial charge in [0, 0.05) is 5.56 Å². The molecule has 8 heteroatoms. The van der Waals surface area contributed by atoms with Crippen LogP contribution in [-0.4, -0.2) is 15.7 Å². The van der Waals surface area contributed by atoms with Crippen LogP contribution in [0.2, 0.25) is 10.0 Å². The average Bonchev–Trinajstić information content (AvgIpc) is 3.13. The van der Waals surface area contributed by atoms with Crippen molar-refractivity contribution < 1.29 is 5.43 Å². The number of rotatable bonds is 4. The van der Waals surface area contributed by atoms with Crippen molar-refractivity contribution in [1.29, 1.82) is 0 Å². The number of halogens is 2. The minimum Gasteiger partial charge on any atom is -0.246 e. The summed E-state index contributed by atoms with van der Waals surface area (Å²) in [6.45, 7) is 5.97. The molecule has 0 atom stereocenters. The van der Waals surface area contributed by atoms with Crippen LogP contribution in [0.15, 0.2) is 29.5 Å². The third kappa shape index (κ3) is 3.84. The number of thiazole rings is 2. The first-order valence-corrected chi connectivity index (χ1v) is 9.56. The Hall–Kier alpha value is -1.31. The van der Waals surface area contributed by atoms with Crippen molar-refractivity contribution in [2.45, 2.75) is 20.8 Å². The Labute approximate surface area is 158 Å². The molecular formula is C16H15Cl2N4S2+. The number of quaternary nitrogens is 1. The van der Waals surface area contributed by atoms with E-state index in [4.69, 9.17) is 23.2 Å². The lowest BCUT2D eigenvalue weighted by atomic mass is 10.1. The van der Waals surface area contributed by atoms with Crippen LogP contribution < -0.4 is 5.43 Å². The molecule has 0 aliphatic heterocycles. The molecule has 124 valence electrons. The summed E-state index contributed by atoms with van der Waals surface area (Å²) in [5, 5.41) is 7.48. The van der Waals surface area contributed by atoms with E-state index in [1.807, 2.05) is 39.1 Å². The van der Waals surface area contributed by atoms with Gasteiger partial charge in [0.05, 0.1) is 36.7 Å². The van der Waals surface area contributed by atoms with Crippen molar-refractivity contribution in [3.63, 3.8) is 0 Å². The molecule has 3 rings (SSSR count). The van der Waals surface area contributed by atoms with E-state index in [0.29, 0.717) is 10.0 Å². The van der Waals surface area contributed by atoms with Gasteiger partial charge in [-0.3, -0.25) is 0 Å². The summed E-state index contributed by atoms with van der Waals surface area (Å²) < 4.78 is 0. The van der Waals surface area contributed by atoms with E-state index in [9.17, 15) is 0 Å². The van der Waals surface area contributed by atoms with Gasteiger partial charge in [0.25, 0.3) is 0 Å². The zero-order chi connectivity index (χ0) is 17.3. The van der Waals surface area contributed by atoms with Gasteiger partial charge in [-0.15, -0.1) is 11.3 Å². The highest BCUT2D eigenvalue weighted by Crippen LogP contribution is 2.34. The summed E-state index contributed by atoms with van der Waals surface area (Å²) >= 11 is 15.3. The Kier molecular flexibility index (Phi) is 5.32. The topological polar surface area (TPSA) is 54.8 Å². The number of hydrogen-bond acceptors (Lipinski definition) is 5. The number of hydrogen-bond donors (Lipinski definition) is 1. The van der Waals surface area contributed by atoms with Crippen molar-refractivity contribution in [2.24, 2.45) is 5.10 Å². The molecule has 1 aromatic carbocycles. The quantitative estimate of drug-likeness (QED) is 0.390. The first-order valence-electron chi connectivity index (χ1n) is 7.17. The maximum absolute atomic E-state index is 6.05. The summed E-state index contributed by atoms with van der Waals surface area (Å²) in [4.78, 5) is 11.2. The van der Waals surface area contributed by atoms with Crippen molar-refractivity contribution >= 4 is 56.7 Å². The molecule has 0 bridgehead atoms. The van der Waals surface area contributed by atoms with E-state index in [1.54, 1.807) is 34.2 Å². The zero-order valence-corrected chi connectivity index (χ0v) is 16.4. The Morgan fingerprint density at radius 3 is 2.62 bits per heavy atom. The molecule has 0 radical (unpaired) electrons.